The number of sulfonamides is 1. The predicted molar refractivity (Wildman–Crippen MR) is 84.7 cm³/mol. The molecule has 0 aromatic carbocycles. The van der Waals surface area contributed by atoms with Crippen molar-refractivity contribution < 1.29 is 8.42 Å². The van der Waals surface area contributed by atoms with E-state index in [1.54, 1.807) is 12.3 Å². The molecule has 0 bridgehead atoms. The summed E-state index contributed by atoms with van der Waals surface area (Å²) in [6.07, 6.45) is 5.20. The van der Waals surface area contributed by atoms with Crippen LogP contribution in [0.25, 0.3) is 0 Å². The number of hydrogen-bond donors (Lipinski definition) is 2. The standard InChI is InChI=1S/C15H27N3O2S/c1-4-16-10-14-9-15(11-18(14)12(2)3)21(19,20)17-8-7-13-5-6-13/h9,11-13,16-17H,4-8,10H2,1-3H3. The van der Waals surface area contributed by atoms with Crippen LogP contribution in [0.15, 0.2) is 17.2 Å². The molecule has 0 amide bonds. The maximum atomic E-state index is 12.4. The van der Waals surface area contributed by atoms with Crippen molar-refractivity contribution in [3.05, 3.63) is 18.0 Å². The third kappa shape index (κ3) is 4.56. The molecule has 1 saturated carbocycles. The first-order valence-corrected chi connectivity index (χ1v) is 9.33. The molecule has 120 valence electrons. The van der Waals surface area contributed by atoms with E-state index in [-0.39, 0.29) is 6.04 Å². The molecule has 0 unspecified atom stereocenters. The van der Waals surface area contributed by atoms with E-state index in [2.05, 4.69) is 23.9 Å². The highest BCUT2D eigenvalue weighted by Gasteiger charge is 2.23. The van der Waals surface area contributed by atoms with Crippen LogP contribution in [-0.2, 0) is 16.6 Å². The summed E-state index contributed by atoms with van der Waals surface area (Å²) in [5, 5.41) is 3.25. The summed E-state index contributed by atoms with van der Waals surface area (Å²) < 4.78 is 29.4. The fourth-order valence-corrected chi connectivity index (χ4v) is 3.50. The molecule has 2 N–H and O–H groups in total. The van der Waals surface area contributed by atoms with Gasteiger partial charge in [0, 0.05) is 31.0 Å². The molecular weight excluding hydrogens is 286 g/mol. The van der Waals surface area contributed by atoms with E-state index in [9.17, 15) is 8.42 Å². The van der Waals surface area contributed by atoms with Crippen molar-refractivity contribution in [2.45, 2.75) is 57.5 Å². The van der Waals surface area contributed by atoms with Crippen molar-refractivity contribution in [2.75, 3.05) is 13.1 Å². The van der Waals surface area contributed by atoms with Crippen LogP contribution >= 0.6 is 0 Å². The van der Waals surface area contributed by atoms with Gasteiger partial charge in [-0.1, -0.05) is 19.8 Å². The molecule has 6 heteroatoms. The zero-order valence-electron chi connectivity index (χ0n) is 13.2. The van der Waals surface area contributed by atoms with Crippen molar-refractivity contribution in [1.82, 2.24) is 14.6 Å². The van der Waals surface area contributed by atoms with Crippen molar-refractivity contribution in [3.8, 4) is 0 Å². The molecule has 1 aromatic rings. The number of rotatable bonds is 9. The molecule has 1 aromatic heterocycles. The van der Waals surface area contributed by atoms with Gasteiger partial charge < -0.3 is 9.88 Å². The monoisotopic (exact) mass is 313 g/mol. The van der Waals surface area contributed by atoms with Gasteiger partial charge in [0.05, 0.1) is 4.90 Å². The maximum Gasteiger partial charge on any atom is 0.242 e. The first-order chi connectivity index (χ1) is 9.94. The van der Waals surface area contributed by atoms with Gasteiger partial charge in [-0.15, -0.1) is 0 Å². The second-order valence-corrected chi connectivity index (χ2v) is 7.85. The lowest BCUT2D eigenvalue weighted by Gasteiger charge is -2.12. The smallest absolute Gasteiger partial charge is 0.242 e. The Morgan fingerprint density at radius 3 is 2.67 bits per heavy atom. The molecule has 1 heterocycles. The normalized spacial score (nSPS) is 15.8. The van der Waals surface area contributed by atoms with Crippen molar-refractivity contribution >= 4 is 10.0 Å². The van der Waals surface area contributed by atoms with Gasteiger partial charge in [-0.05, 0) is 38.8 Å². The quantitative estimate of drug-likeness (QED) is 0.735. The molecule has 0 radical (unpaired) electrons. The number of aromatic nitrogens is 1. The Kier molecular flexibility index (Phi) is 5.46. The van der Waals surface area contributed by atoms with Crippen LogP contribution in [0.2, 0.25) is 0 Å². The molecule has 21 heavy (non-hydrogen) atoms. The van der Waals surface area contributed by atoms with E-state index in [1.165, 1.54) is 12.8 Å². The number of nitrogens with zero attached hydrogens (tertiary/aromatic N) is 1. The van der Waals surface area contributed by atoms with Gasteiger partial charge in [-0.2, -0.15) is 0 Å². The first kappa shape index (κ1) is 16.5. The topological polar surface area (TPSA) is 63.1 Å². The second-order valence-electron chi connectivity index (χ2n) is 6.08. The largest absolute Gasteiger partial charge is 0.346 e. The van der Waals surface area contributed by atoms with Crippen LogP contribution in [-0.4, -0.2) is 26.1 Å². The molecule has 0 aliphatic heterocycles. The number of nitrogens with one attached hydrogen (secondary N) is 2. The Morgan fingerprint density at radius 2 is 2.10 bits per heavy atom. The SMILES string of the molecule is CCNCc1cc(S(=O)(=O)NCCC2CC2)cn1C(C)C. The minimum absolute atomic E-state index is 0.245. The third-order valence-corrected chi connectivity index (χ3v) is 5.30. The zero-order chi connectivity index (χ0) is 15.5. The van der Waals surface area contributed by atoms with Gasteiger partial charge >= 0.3 is 0 Å². The summed E-state index contributed by atoms with van der Waals surface area (Å²) in [4.78, 5) is 0.375. The Labute approximate surface area is 128 Å². The predicted octanol–water partition coefficient (Wildman–Crippen LogP) is 2.26. The lowest BCUT2D eigenvalue weighted by atomic mass is 10.3. The minimum atomic E-state index is -3.39. The van der Waals surface area contributed by atoms with Crippen LogP contribution in [0.5, 0.6) is 0 Å². The van der Waals surface area contributed by atoms with Crippen LogP contribution in [0.1, 0.15) is 51.8 Å². The second kappa shape index (κ2) is 6.94. The summed E-state index contributed by atoms with van der Waals surface area (Å²) in [6, 6.07) is 2.02. The van der Waals surface area contributed by atoms with Crippen molar-refractivity contribution in [2.24, 2.45) is 5.92 Å². The van der Waals surface area contributed by atoms with E-state index >= 15 is 0 Å². The molecular formula is C15H27N3O2S. The van der Waals surface area contributed by atoms with Gasteiger partial charge in [0.1, 0.15) is 0 Å². The van der Waals surface area contributed by atoms with E-state index < -0.39 is 10.0 Å². The Balaban J connectivity index is 2.09. The fraction of sp³-hybridized carbons (Fsp3) is 0.733. The fourth-order valence-electron chi connectivity index (χ4n) is 2.41. The van der Waals surface area contributed by atoms with E-state index in [0.717, 1.165) is 24.6 Å². The highest BCUT2D eigenvalue weighted by molar-refractivity contribution is 7.89. The average molecular weight is 313 g/mol. The molecule has 0 spiro atoms. The third-order valence-electron chi connectivity index (χ3n) is 3.87. The minimum Gasteiger partial charge on any atom is -0.346 e. The highest BCUT2D eigenvalue weighted by Crippen LogP contribution is 2.31. The summed E-state index contributed by atoms with van der Waals surface area (Å²) in [5.74, 6) is 0.734. The van der Waals surface area contributed by atoms with E-state index in [1.807, 2.05) is 11.5 Å². The molecule has 2 rings (SSSR count). The Morgan fingerprint density at radius 1 is 1.38 bits per heavy atom. The summed E-state index contributed by atoms with van der Waals surface area (Å²) >= 11 is 0. The molecule has 1 aliphatic carbocycles. The first-order valence-electron chi connectivity index (χ1n) is 7.85. The summed E-state index contributed by atoms with van der Waals surface area (Å²) in [6.45, 7) is 8.26. The van der Waals surface area contributed by atoms with Gasteiger partial charge in [0.15, 0.2) is 0 Å². The lowest BCUT2D eigenvalue weighted by molar-refractivity contribution is 0.554. The van der Waals surface area contributed by atoms with Crippen molar-refractivity contribution in [1.29, 1.82) is 0 Å². The van der Waals surface area contributed by atoms with Crippen LogP contribution in [0.3, 0.4) is 0 Å². The van der Waals surface area contributed by atoms with Crippen LogP contribution < -0.4 is 10.0 Å². The van der Waals surface area contributed by atoms with Gasteiger partial charge in [0.2, 0.25) is 10.0 Å². The molecule has 1 aliphatic rings. The van der Waals surface area contributed by atoms with Gasteiger partial charge in [-0.25, -0.2) is 13.1 Å². The highest BCUT2D eigenvalue weighted by atomic mass is 32.2. The van der Waals surface area contributed by atoms with Crippen molar-refractivity contribution in [3.63, 3.8) is 0 Å². The maximum absolute atomic E-state index is 12.4. The molecule has 0 saturated heterocycles. The van der Waals surface area contributed by atoms with E-state index in [0.29, 0.717) is 18.0 Å². The number of hydrogen-bond acceptors (Lipinski definition) is 3. The van der Waals surface area contributed by atoms with E-state index in [4.69, 9.17) is 0 Å². The Hall–Kier alpha value is -0.850. The summed E-state index contributed by atoms with van der Waals surface area (Å²) in [5.41, 5.74) is 1.01. The van der Waals surface area contributed by atoms with Gasteiger partial charge in [0.25, 0.3) is 0 Å². The Bertz CT molecular complexity index is 559. The molecule has 0 atom stereocenters. The average Bonchev–Trinajstić information content (AvgIpc) is 3.12. The summed E-state index contributed by atoms with van der Waals surface area (Å²) in [7, 11) is -3.39. The molecule has 5 nitrogen and oxygen atoms in total. The molecule has 1 fully saturated rings. The van der Waals surface area contributed by atoms with Crippen LogP contribution in [0.4, 0.5) is 0 Å². The van der Waals surface area contributed by atoms with Gasteiger partial charge in [-0.3, -0.25) is 0 Å². The zero-order valence-corrected chi connectivity index (χ0v) is 14.0. The lowest BCUT2D eigenvalue weighted by Crippen LogP contribution is -2.24. The van der Waals surface area contributed by atoms with Crippen LogP contribution in [0, 0.1) is 5.92 Å².